The maximum absolute atomic E-state index is 13.4. The molecular formula is C21H40O3Sn. The molecule has 4 heteroatoms. The molecule has 3 atom stereocenters. The van der Waals surface area contributed by atoms with E-state index in [9.17, 15) is 4.79 Å². The molecule has 1 aliphatic heterocycles. The van der Waals surface area contributed by atoms with Gasteiger partial charge in [-0.1, -0.05) is 0 Å². The molecule has 1 aliphatic carbocycles. The van der Waals surface area contributed by atoms with E-state index >= 15 is 0 Å². The molecule has 1 saturated heterocycles. The summed E-state index contributed by atoms with van der Waals surface area (Å²) < 4.78 is 15.9. The van der Waals surface area contributed by atoms with Crippen LogP contribution in [-0.2, 0) is 14.3 Å². The molecule has 2 unspecified atom stereocenters. The van der Waals surface area contributed by atoms with Gasteiger partial charge in [-0.25, -0.2) is 0 Å². The third kappa shape index (κ3) is 4.07. The Labute approximate surface area is 159 Å². The van der Waals surface area contributed by atoms with Crippen molar-refractivity contribution in [3.8, 4) is 0 Å². The number of ether oxygens (including phenoxy) is 2. The van der Waals surface area contributed by atoms with Crippen LogP contribution >= 0.6 is 0 Å². The number of carbonyl (C=O) groups excluding carboxylic acids is 1. The SMILES string of the molecule is CCC[CH2][Sn]([CH2]CCC)([CH2]CCC)[C]1(C(=O)OCC)C2OCCC[C@H]21. The summed E-state index contributed by atoms with van der Waals surface area (Å²) in [4.78, 5) is 13.4. The predicted molar refractivity (Wildman–Crippen MR) is 107 cm³/mol. The molecule has 2 rings (SSSR count). The Kier molecular flexibility index (Phi) is 8.58. The maximum atomic E-state index is 13.4. The van der Waals surface area contributed by atoms with E-state index in [0.717, 1.165) is 13.0 Å². The first-order valence-electron chi connectivity index (χ1n) is 10.9. The standard InChI is InChI=1S/C9H13O3.3C4H9.Sn/c1-2-11-9(10)7-6-4-3-5-12-8(6)7;3*1-3-4-2;/h6,8H,2-5H2,1H3;3*1,3-4H2,2H3;/t6-,8?;;;;/m0..../s1. The minimum absolute atomic E-state index is 0.144. The van der Waals surface area contributed by atoms with Gasteiger partial charge >= 0.3 is 160 Å². The number of carbonyl (C=O) groups is 1. The molecule has 0 aromatic heterocycles. The van der Waals surface area contributed by atoms with Crippen molar-refractivity contribution in [1.82, 2.24) is 0 Å². The first kappa shape index (κ1) is 21.5. The predicted octanol–water partition coefficient (Wildman–Crippen LogP) is 5.95. The van der Waals surface area contributed by atoms with Crippen LogP contribution in [0.2, 0.25) is 16.7 Å². The van der Waals surface area contributed by atoms with Gasteiger partial charge in [-0.3, -0.25) is 0 Å². The Bertz CT molecular complexity index is 390. The van der Waals surface area contributed by atoms with E-state index in [4.69, 9.17) is 9.47 Å². The van der Waals surface area contributed by atoms with E-state index in [0.29, 0.717) is 12.5 Å². The van der Waals surface area contributed by atoms with Gasteiger partial charge in [-0.05, 0) is 0 Å². The van der Waals surface area contributed by atoms with Gasteiger partial charge < -0.3 is 0 Å². The van der Waals surface area contributed by atoms with E-state index in [-0.39, 0.29) is 15.5 Å². The molecule has 1 heterocycles. The number of esters is 1. The molecule has 3 nitrogen and oxygen atoms in total. The number of fused-ring (bicyclic) bond motifs is 1. The molecule has 0 spiro atoms. The fourth-order valence-corrected chi connectivity index (χ4v) is 26.9. The van der Waals surface area contributed by atoms with Crippen molar-refractivity contribution in [2.75, 3.05) is 13.2 Å². The zero-order valence-electron chi connectivity index (χ0n) is 17.1. The van der Waals surface area contributed by atoms with Crippen LogP contribution in [0.4, 0.5) is 0 Å². The van der Waals surface area contributed by atoms with Crippen molar-refractivity contribution < 1.29 is 14.3 Å². The monoisotopic (exact) mass is 460 g/mol. The van der Waals surface area contributed by atoms with Crippen LogP contribution in [0.1, 0.15) is 79.1 Å². The summed E-state index contributed by atoms with van der Waals surface area (Å²) in [6, 6.07) is 0. The second-order valence-electron chi connectivity index (χ2n) is 8.22. The summed E-state index contributed by atoms with van der Waals surface area (Å²) in [7, 11) is 0. The Hall–Kier alpha value is 0.229. The summed E-state index contributed by atoms with van der Waals surface area (Å²) in [5.41, 5.74) is 0. The molecule has 0 radical (unpaired) electrons. The van der Waals surface area contributed by atoms with Crippen molar-refractivity contribution in [1.29, 1.82) is 0 Å². The van der Waals surface area contributed by atoms with Gasteiger partial charge in [0.2, 0.25) is 0 Å². The Morgan fingerprint density at radius 1 is 1.04 bits per heavy atom. The summed E-state index contributed by atoms with van der Waals surface area (Å²) in [5, 5.41) is 0. The third-order valence-corrected chi connectivity index (χ3v) is 25.4. The number of hydrogen-bond acceptors (Lipinski definition) is 3. The average Bonchev–Trinajstić information content (AvgIpc) is 3.32. The van der Waals surface area contributed by atoms with E-state index < -0.39 is 18.4 Å². The second-order valence-corrected chi connectivity index (χ2v) is 22.2. The van der Waals surface area contributed by atoms with Crippen molar-refractivity contribution in [2.24, 2.45) is 5.92 Å². The van der Waals surface area contributed by atoms with E-state index in [1.165, 1.54) is 58.3 Å². The molecular weight excluding hydrogens is 419 g/mol. The van der Waals surface area contributed by atoms with E-state index in [1.807, 2.05) is 6.92 Å². The van der Waals surface area contributed by atoms with Gasteiger partial charge in [0.05, 0.1) is 0 Å². The molecule has 2 fully saturated rings. The van der Waals surface area contributed by atoms with E-state index in [1.54, 1.807) is 0 Å². The normalized spacial score (nSPS) is 28.5. The number of hydrogen-bond donors (Lipinski definition) is 0. The summed E-state index contributed by atoms with van der Waals surface area (Å²) in [6.07, 6.45) is 10.1. The zero-order chi connectivity index (χ0) is 18.3. The molecule has 0 N–H and O–H groups in total. The van der Waals surface area contributed by atoms with Gasteiger partial charge in [0.15, 0.2) is 0 Å². The molecule has 25 heavy (non-hydrogen) atoms. The fraction of sp³-hybridized carbons (Fsp3) is 0.952. The topological polar surface area (TPSA) is 35.5 Å². The molecule has 0 aromatic carbocycles. The van der Waals surface area contributed by atoms with Gasteiger partial charge in [-0.15, -0.1) is 0 Å². The number of unbranched alkanes of at least 4 members (excludes halogenated alkanes) is 3. The molecule has 0 bridgehead atoms. The van der Waals surface area contributed by atoms with Gasteiger partial charge in [-0.2, -0.15) is 0 Å². The van der Waals surface area contributed by atoms with Crippen molar-refractivity contribution in [2.45, 2.75) is 102 Å². The third-order valence-electron chi connectivity index (χ3n) is 6.76. The van der Waals surface area contributed by atoms with Gasteiger partial charge in [0.1, 0.15) is 0 Å². The molecule has 146 valence electrons. The van der Waals surface area contributed by atoms with Crippen LogP contribution in [0, 0.1) is 5.92 Å². The van der Waals surface area contributed by atoms with Gasteiger partial charge in [0.25, 0.3) is 0 Å². The second kappa shape index (κ2) is 9.96. The first-order chi connectivity index (χ1) is 12.1. The average molecular weight is 459 g/mol. The molecule has 0 aromatic rings. The quantitative estimate of drug-likeness (QED) is 0.268. The van der Waals surface area contributed by atoms with Crippen LogP contribution in [0.25, 0.3) is 0 Å². The zero-order valence-corrected chi connectivity index (χ0v) is 19.9. The van der Waals surface area contributed by atoms with Crippen molar-refractivity contribution in [3.63, 3.8) is 0 Å². The summed E-state index contributed by atoms with van der Waals surface area (Å²) in [6.45, 7) is 10.2. The van der Waals surface area contributed by atoms with Crippen LogP contribution in [-0.4, -0.2) is 43.7 Å². The Morgan fingerprint density at radius 2 is 1.60 bits per heavy atom. The van der Waals surface area contributed by atoms with Crippen LogP contribution in [0.5, 0.6) is 0 Å². The first-order valence-corrected chi connectivity index (χ1v) is 18.4. The van der Waals surface area contributed by atoms with Crippen LogP contribution in [0.15, 0.2) is 0 Å². The summed E-state index contributed by atoms with van der Waals surface area (Å²) >= 11 is -2.76. The minimum atomic E-state index is -2.76. The Morgan fingerprint density at radius 3 is 2.00 bits per heavy atom. The molecule has 1 saturated carbocycles. The molecule has 2 aliphatic rings. The fourth-order valence-electron chi connectivity index (χ4n) is 5.54. The van der Waals surface area contributed by atoms with Crippen LogP contribution in [0.3, 0.4) is 0 Å². The van der Waals surface area contributed by atoms with Crippen molar-refractivity contribution >= 4 is 24.3 Å². The van der Waals surface area contributed by atoms with E-state index in [2.05, 4.69) is 20.8 Å². The molecule has 0 amide bonds. The Balaban J connectivity index is 2.41. The van der Waals surface area contributed by atoms with Gasteiger partial charge in [0, 0.05) is 0 Å². The number of rotatable bonds is 12. The van der Waals surface area contributed by atoms with Crippen molar-refractivity contribution in [3.05, 3.63) is 0 Å². The summed E-state index contributed by atoms with van der Waals surface area (Å²) in [5.74, 6) is 0.632. The van der Waals surface area contributed by atoms with Crippen LogP contribution < -0.4 is 0 Å².